The SMILES string of the molecule is CC(C(=O)Nc1nccs1)N1CCN(C(=O)c2cccc(Cl)c2)CC1. The summed E-state index contributed by atoms with van der Waals surface area (Å²) >= 11 is 7.35. The number of anilines is 1. The van der Waals surface area contributed by atoms with E-state index in [0.717, 1.165) is 0 Å². The molecule has 8 heteroatoms. The van der Waals surface area contributed by atoms with Gasteiger partial charge in [0.05, 0.1) is 6.04 Å². The van der Waals surface area contributed by atoms with E-state index in [0.29, 0.717) is 41.9 Å². The molecule has 25 heavy (non-hydrogen) atoms. The van der Waals surface area contributed by atoms with Gasteiger partial charge in [-0.05, 0) is 25.1 Å². The van der Waals surface area contributed by atoms with Gasteiger partial charge in [-0.2, -0.15) is 0 Å². The van der Waals surface area contributed by atoms with Crippen molar-refractivity contribution in [1.82, 2.24) is 14.8 Å². The minimum absolute atomic E-state index is 0.0259. The minimum atomic E-state index is -0.271. The monoisotopic (exact) mass is 378 g/mol. The smallest absolute Gasteiger partial charge is 0.253 e. The number of nitrogens with one attached hydrogen (secondary N) is 1. The molecule has 1 fully saturated rings. The van der Waals surface area contributed by atoms with Gasteiger partial charge in [-0.25, -0.2) is 4.98 Å². The van der Waals surface area contributed by atoms with Gasteiger partial charge in [-0.1, -0.05) is 17.7 Å². The normalized spacial score (nSPS) is 16.5. The predicted molar refractivity (Wildman–Crippen MR) is 99.1 cm³/mol. The zero-order valence-corrected chi connectivity index (χ0v) is 15.4. The van der Waals surface area contributed by atoms with E-state index >= 15 is 0 Å². The second-order valence-corrected chi connectivity index (χ2v) is 7.17. The third kappa shape index (κ3) is 4.36. The highest BCUT2D eigenvalue weighted by atomic mass is 35.5. The third-order valence-electron chi connectivity index (χ3n) is 4.26. The Morgan fingerprint density at radius 2 is 2.04 bits per heavy atom. The van der Waals surface area contributed by atoms with Gasteiger partial charge in [0.15, 0.2) is 5.13 Å². The molecule has 0 saturated carbocycles. The van der Waals surface area contributed by atoms with Crippen LogP contribution in [-0.4, -0.2) is 58.8 Å². The van der Waals surface area contributed by atoms with Crippen LogP contribution in [0.5, 0.6) is 0 Å². The number of rotatable bonds is 4. The van der Waals surface area contributed by atoms with Crippen LogP contribution >= 0.6 is 22.9 Å². The number of thiazole rings is 1. The number of amides is 2. The predicted octanol–water partition coefficient (Wildman–Crippen LogP) is 2.58. The molecule has 1 aliphatic rings. The Kier molecular flexibility index (Phi) is 5.67. The van der Waals surface area contributed by atoms with Crippen LogP contribution in [0.15, 0.2) is 35.8 Å². The molecule has 1 saturated heterocycles. The zero-order chi connectivity index (χ0) is 17.8. The van der Waals surface area contributed by atoms with Crippen molar-refractivity contribution in [2.45, 2.75) is 13.0 Å². The lowest BCUT2D eigenvalue weighted by Crippen LogP contribution is -2.54. The quantitative estimate of drug-likeness (QED) is 0.888. The maximum absolute atomic E-state index is 12.5. The number of benzene rings is 1. The Bertz CT molecular complexity index is 745. The van der Waals surface area contributed by atoms with E-state index in [1.165, 1.54) is 11.3 Å². The second-order valence-electron chi connectivity index (χ2n) is 5.84. The van der Waals surface area contributed by atoms with Crippen LogP contribution in [-0.2, 0) is 4.79 Å². The number of piperazine rings is 1. The Hall–Kier alpha value is -1.96. The van der Waals surface area contributed by atoms with Crippen molar-refractivity contribution < 1.29 is 9.59 Å². The molecule has 1 aromatic carbocycles. The first-order valence-corrected chi connectivity index (χ1v) is 9.29. The lowest BCUT2D eigenvalue weighted by molar-refractivity contribution is -0.121. The minimum Gasteiger partial charge on any atom is -0.336 e. The molecule has 0 radical (unpaired) electrons. The average Bonchev–Trinajstić information content (AvgIpc) is 3.13. The first-order valence-electron chi connectivity index (χ1n) is 8.04. The summed E-state index contributed by atoms with van der Waals surface area (Å²) in [6.07, 6.45) is 1.66. The standard InChI is InChI=1S/C17H19ClN4O2S/c1-12(15(23)20-17-19-5-10-25-17)21-6-8-22(9-7-21)16(24)13-3-2-4-14(18)11-13/h2-5,10-12H,6-9H2,1H3,(H,19,20,23). The van der Waals surface area contributed by atoms with Gasteiger partial charge in [0.2, 0.25) is 5.91 Å². The van der Waals surface area contributed by atoms with Crippen LogP contribution < -0.4 is 5.32 Å². The van der Waals surface area contributed by atoms with Crippen LogP contribution in [0, 0.1) is 0 Å². The summed E-state index contributed by atoms with van der Waals surface area (Å²) in [6, 6.07) is 6.70. The summed E-state index contributed by atoms with van der Waals surface area (Å²) in [6.45, 7) is 4.34. The molecule has 1 aromatic heterocycles. The number of aromatic nitrogens is 1. The van der Waals surface area contributed by atoms with E-state index in [4.69, 9.17) is 11.6 Å². The topological polar surface area (TPSA) is 65.5 Å². The van der Waals surface area contributed by atoms with E-state index < -0.39 is 0 Å². The average molecular weight is 379 g/mol. The van der Waals surface area contributed by atoms with E-state index in [-0.39, 0.29) is 17.9 Å². The molecule has 2 heterocycles. The van der Waals surface area contributed by atoms with Gasteiger partial charge in [0.1, 0.15) is 0 Å². The molecule has 1 unspecified atom stereocenters. The van der Waals surface area contributed by atoms with Crippen LogP contribution in [0.2, 0.25) is 5.02 Å². The highest BCUT2D eigenvalue weighted by Crippen LogP contribution is 2.16. The summed E-state index contributed by atoms with van der Waals surface area (Å²) in [7, 11) is 0. The van der Waals surface area contributed by atoms with Crippen molar-refractivity contribution in [2.24, 2.45) is 0 Å². The fourth-order valence-corrected chi connectivity index (χ4v) is 3.50. The summed E-state index contributed by atoms with van der Waals surface area (Å²) in [5.41, 5.74) is 0.593. The van der Waals surface area contributed by atoms with Crippen molar-refractivity contribution >= 4 is 39.9 Å². The Balaban J connectivity index is 1.54. The first-order chi connectivity index (χ1) is 12.0. The molecule has 1 N–H and O–H groups in total. The molecular weight excluding hydrogens is 360 g/mol. The zero-order valence-electron chi connectivity index (χ0n) is 13.8. The van der Waals surface area contributed by atoms with E-state index in [9.17, 15) is 9.59 Å². The first kappa shape index (κ1) is 17.8. The van der Waals surface area contributed by atoms with Gasteiger partial charge in [0, 0.05) is 48.3 Å². The maximum Gasteiger partial charge on any atom is 0.253 e. The highest BCUT2D eigenvalue weighted by Gasteiger charge is 2.28. The lowest BCUT2D eigenvalue weighted by atomic mass is 10.1. The van der Waals surface area contributed by atoms with Crippen molar-refractivity contribution in [3.8, 4) is 0 Å². The van der Waals surface area contributed by atoms with Crippen LogP contribution in [0.4, 0.5) is 5.13 Å². The van der Waals surface area contributed by atoms with Gasteiger partial charge in [-0.15, -0.1) is 11.3 Å². The molecule has 2 amide bonds. The van der Waals surface area contributed by atoms with Gasteiger partial charge < -0.3 is 10.2 Å². The number of hydrogen-bond acceptors (Lipinski definition) is 5. The van der Waals surface area contributed by atoms with Gasteiger partial charge in [0.25, 0.3) is 5.91 Å². The lowest BCUT2D eigenvalue weighted by Gasteiger charge is -2.37. The summed E-state index contributed by atoms with van der Waals surface area (Å²) < 4.78 is 0. The molecule has 3 rings (SSSR count). The molecule has 2 aromatic rings. The molecular formula is C17H19ClN4O2S. The van der Waals surface area contributed by atoms with Crippen molar-refractivity contribution in [1.29, 1.82) is 0 Å². The Morgan fingerprint density at radius 3 is 2.68 bits per heavy atom. The second kappa shape index (κ2) is 7.95. The molecule has 1 atom stereocenters. The fourth-order valence-electron chi connectivity index (χ4n) is 2.78. The molecule has 0 spiro atoms. The number of nitrogens with zero attached hydrogens (tertiary/aromatic N) is 3. The van der Waals surface area contributed by atoms with Crippen molar-refractivity contribution in [3.63, 3.8) is 0 Å². The Morgan fingerprint density at radius 1 is 1.28 bits per heavy atom. The number of hydrogen-bond donors (Lipinski definition) is 1. The van der Waals surface area contributed by atoms with Crippen molar-refractivity contribution in [3.05, 3.63) is 46.4 Å². The Labute approximate surface area is 155 Å². The molecule has 1 aliphatic heterocycles. The number of halogens is 1. The molecule has 0 bridgehead atoms. The van der Waals surface area contributed by atoms with E-state index in [1.54, 1.807) is 35.4 Å². The van der Waals surface area contributed by atoms with Gasteiger partial charge >= 0.3 is 0 Å². The molecule has 6 nitrogen and oxygen atoms in total. The number of carbonyl (C=O) groups is 2. The van der Waals surface area contributed by atoms with Gasteiger partial charge in [-0.3, -0.25) is 14.5 Å². The van der Waals surface area contributed by atoms with E-state index in [1.807, 2.05) is 12.3 Å². The van der Waals surface area contributed by atoms with E-state index in [2.05, 4.69) is 15.2 Å². The summed E-state index contributed by atoms with van der Waals surface area (Å²) in [5, 5.41) is 5.79. The summed E-state index contributed by atoms with van der Waals surface area (Å²) in [4.78, 5) is 32.8. The third-order valence-corrected chi connectivity index (χ3v) is 5.19. The largest absolute Gasteiger partial charge is 0.336 e. The fraction of sp³-hybridized carbons (Fsp3) is 0.353. The van der Waals surface area contributed by atoms with Crippen LogP contribution in [0.3, 0.4) is 0 Å². The van der Waals surface area contributed by atoms with Crippen LogP contribution in [0.25, 0.3) is 0 Å². The van der Waals surface area contributed by atoms with Crippen molar-refractivity contribution in [2.75, 3.05) is 31.5 Å². The summed E-state index contributed by atoms with van der Waals surface area (Å²) in [5.74, 6) is -0.105. The maximum atomic E-state index is 12.5. The molecule has 132 valence electrons. The molecule has 0 aliphatic carbocycles. The van der Waals surface area contributed by atoms with Crippen LogP contribution in [0.1, 0.15) is 17.3 Å². The number of carbonyl (C=O) groups excluding carboxylic acids is 2. The highest BCUT2D eigenvalue weighted by molar-refractivity contribution is 7.13.